The van der Waals surface area contributed by atoms with Gasteiger partial charge in [0.05, 0.1) is 10.3 Å². The second-order valence-corrected chi connectivity index (χ2v) is 7.12. The van der Waals surface area contributed by atoms with Gasteiger partial charge in [-0.1, -0.05) is 31.0 Å². The fourth-order valence-electron chi connectivity index (χ4n) is 2.69. The van der Waals surface area contributed by atoms with Crippen LogP contribution < -0.4 is 4.72 Å². The summed E-state index contributed by atoms with van der Waals surface area (Å²) in [7, 11) is -3.66. The van der Waals surface area contributed by atoms with Crippen molar-refractivity contribution in [1.29, 1.82) is 0 Å². The minimum atomic E-state index is -3.66. The monoisotopic (exact) mass is 297 g/mol. The molecule has 0 aromatic heterocycles. The zero-order chi connectivity index (χ0) is 14.8. The van der Waals surface area contributed by atoms with Gasteiger partial charge in [-0.05, 0) is 31.4 Å². The lowest BCUT2D eigenvalue weighted by molar-refractivity contribution is -0.148. The molecule has 6 heteroatoms. The van der Waals surface area contributed by atoms with E-state index in [1.54, 1.807) is 25.1 Å². The van der Waals surface area contributed by atoms with Gasteiger partial charge in [-0.15, -0.1) is 0 Å². The van der Waals surface area contributed by atoms with E-state index >= 15 is 0 Å². The van der Waals surface area contributed by atoms with Crippen LogP contribution in [0.15, 0.2) is 29.2 Å². The van der Waals surface area contributed by atoms with E-state index in [1.165, 1.54) is 6.07 Å². The Morgan fingerprint density at radius 1 is 1.30 bits per heavy atom. The lowest BCUT2D eigenvalue weighted by Crippen LogP contribution is -2.41. The molecule has 5 nitrogen and oxygen atoms in total. The summed E-state index contributed by atoms with van der Waals surface area (Å²) < 4.78 is 27.0. The van der Waals surface area contributed by atoms with Crippen LogP contribution in [0, 0.1) is 12.3 Å². The summed E-state index contributed by atoms with van der Waals surface area (Å²) in [5.74, 6) is -0.914. The van der Waals surface area contributed by atoms with E-state index in [0.717, 1.165) is 12.8 Å². The molecule has 1 aromatic rings. The standard InChI is InChI=1S/C14H19NO4S/c1-11-6-2-3-7-12(11)20(18,19)15-10-14(13(16)17)8-4-5-9-14/h2-3,6-7,15H,4-5,8-10H2,1H3,(H,16,17). The SMILES string of the molecule is Cc1ccccc1S(=O)(=O)NCC1(C(=O)O)CCCC1. The quantitative estimate of drug-likeness (QED) is 0.869. The van der Waals surface area contributed by atoms with Gasteiger partial charge in [0.25, 0.3) is 0 Å². The highest BCUT2D eigenvalue weighted by Gasteiger charge is 2.42. The highest BCUT2D eigenvalue weighted by atomic mass is 32.2. The Hall–Kier alpha value is -1.40. The van der Waals surface area contributed by atoms with E-state index in [9.17, 15) is 18.3 Å². The van der Waals surface area contributed by atoms with Crippen LogP contribution in [0.2, 0.25) is 0 Å². The maximum Gasteiger partial charge on any atom is 0.310 e. The molecule has 1 fully saturated rings. The van der Waals surface area contributed by atoms with Gasteiger partial charge in [-0.3, -0.25) is 4.79 Å². The van der Waals surface area contributed by atoms with Gasteiger partial charge >= 0.3 is 5.97 Å². The van der Waals surface area contributed by atoms with E-state index in [2.05, 4.69) is 4.72 Å². The van der Waals surface area contributed by atoms with Crippen molar-refractivity contribution in [3.63, 3.8) is 0 Å². The van der Waals surface area contributed by atoms with E-state index in [-0.39, 0.29) is 11.4 Å². The average molecular weight is 297 g/mol. The minimum Gasteiger partial charge on any atom is -0.481 e. The topological polar surface area (TPSA) is 83.5 Å². The first-order valence-corrected chi connectivity index (χ1v) is 8.14. The Balaban J connectivity index is 2.18. The Bertz CT molecular complexity index is 603. The lowest BCUT2D eigenvalue weighted by atomic mass is 9.87. The molecule has 20 heavy (non-hydrogen) atoms. The first-order valence-electron chi connectivity index (χ1n) is 6.66. The van der Waals surface area contributed by atoms with Crippen LogP contribution in [0.1, 0.15) is 31.2 Å². The predicted molar refractivity (Wildman–Crippen MR) is 74.9 cm³/mol. The van der Waals surface area contributed by atoms with Gasteiger partial charge in [0.2, 0.25) is 10.0 Å². The third-order valence-electron chi connectivity index (χ3n) is 4.00. The number of carboxylic acid groups (broad SMARTS) is 1. The van der Waals surface area contributed by atoms with Gasteiger partial charge in [0, 0.05) is 6.54 Å². The zero-order valence-electron chi connectivity index (χ0n) is 11.4. The maximum absolute atomic E-state index is 12.3. The number of rotatable bonds is 5. The summed E-state index contributed by atoms with van der Waals surface area (Å²) in [6.07, 6.45) is 2.72. The second kappa shape index (κ2) is 5.54. The molecule has 0 heterocycles. The lowest BCUT2D eigenvalue weighted by Gasteiger charge is -2.24. The predicted octanol–water partition coefficient (Wildman–Crippen LogP) is 1.92. The summed E-state index contributed by atoms with van der Waals surface area (Å²) in [5.41, 5.74) is -0.300. The highest BCUT2D eigenvalue weighted by Crippen LogP contribution is 2.38. The van der Waals surface area contributed by atoms with E-state index in [4.69, 9.17) is 0 Å². The molecule has 1 aliphatic carbocycles. The van der Waals surface area contributed by atoms with Gasteiger partial charge in [-0.25, -0.2) is 13.1 Å². The molecule has 0 amide bonds. The molecule has 2 N–H and O–H groups in total. The van der Waals surface area contributed by atoms with E-state index in [1.807, 2.05) is 0 Å². The smallest absolute Gasteiger partial charge is 0.310 e. The van der Waals surface area contributed by atoms with Crippen LogP contribution in [-0.2, 0) is 14.8 Å². The molecular formula is C14H19NO4S. The molecule has 2 rings (SSSR count). The van der Waals surface area contributed by atoms with Crippen LogP contribution in [0.4, 0.5) is 0 Å². The van der Waals surface area contributed by atoms with Gasteiger partial charge in [-0.2, -0.15) is 0 Å². The number of carboxylic acids is 1. The summed E-state index contributed by atoms with van der Waals surface area (Å²) in [4.78, 5) is 11.6. The highest BCUT2D eigenvalue weighted by molar-refractivity contribution is 7.89. The Morgan fingerprint density at radius 2 is 1.90 bits per heavy atom. The summed E-state index contributed by atoms with van der Waals surface area (Å²) >= 11 is 0. The number of benzene rings is 1. The van der Waals surface area contributed by atoms with Crippen molar-refractivity contribution in [1.82, 2.24) is 4.72 Å². The average Bonchev–Trinajstić information content (AvgIpc) is 2.87. The summed E-state index contributed by atoms with van der Waals surface area (Å²) in [6, 6.07) is 6.67. The molecule has 110 valence electrons. The molecule has 0 saturated heterocycles. The van der Waals surface area contributed by atoms with Crippen molar-refractivity contribution in [2.24, 2.45) is 5.41 Å². The minimum absolute atomic E-state index is 0.0427. The molecule has 1 aromatic carbocycles. The first kappa shape index (κ1) is 15.0. The number of sulfonamides is 1. The van der Waals surface area contributed by atoms with Crippen molar-refractivity contribution in [3.05, 3.63) is 29.8 Å². The van der Waals surface area contributed by atoms with Crippen molar-refractivity contribution in [3.8, 4) is 0 Å². The van der Waals surface area contributed by atoms with Crippen LogP contribution in [0.3, 0.4) is 0 Å². The van der Waals surface area contributed by atoms with E-state index < -0.39 is 21.4 Å². The number of nitrogens with one attached hydrogen (secondary N) is 1. The zero-order valence-corrected chi connectivity index (χ0v) is 12.2. The number of hydrogen-bond donors (Lipinski definition) is 2. The van der Waals surface area contributed by atoms with Crippen LogP contribution in [-0.4, -0.2) is 26.0 Å². The largest absolute Gasteiger partial charge is 0.481 e. The number of aliphatic carboxylic acids is 1. The molecule has 0 atom stereocenters. The normalized spacial score (nSPS) is 18.1. The Morgan fingerprint density at radius 3 is 2.45 bits per heavy atom. The van der Waals surface area contributed by atoms with Crippen molar-refractivity contribution in [2.45, 2.75) is 37.5 Å². The van der Waals surface area contributed by atoms with Crippen LogP contribution in [0.5, 0.6) is 0 Å². The second-order valence-electron chi connectivity index (χ2n) is 5.38. The Labute approximate surface area is 119 Å². The van der Waals surface area contributed by atoms with Crippen molar-refractivity contribution >= 4 is 16.0 Å². The molecule has 1 saturated carbocycles. The maximum atomic E-state index is 12.3. The van der Waals surface area contributed by atoms with Gasteiger partial charge < -0.3 is 5.11 Å². The Kier molecular flexibility index (Phi) is 4.15. The summed E-state index contributed by atoms with van der Waals surface area (Å²) in [6.45, 7) is 1.68. The number of hydrogen-bond acceptors (Lipinski definition) is 3. The number of carbonyl (C=O) groups is 1. The third-order valence-corrected chi connectivity index (χ3v) is 5.56. The molecule has 0 aliphatic heterocycles. The molecule has 0 unspecified atom stereocenters. The van der Waals surface area contributed by atoms with Crippen molar-refractivity contribution in [2.75, 3.05) is 6.54 Å². The van der Waals surface area contributed by atoms with Crippen LogP contribution in [0.25, 0.3) is 0 Å². The fourth-order valence-corrected chi connectivity index (χ4v) is 4.06. The first-order chi connectivity index (χ1) is 9.37. The van der Waals surface area contributed by atoms with Gasteiger partial charge in [0.15, 0.2) is 0 Å². The molecule has 0 bridgehead atoms. The molecule has 1 aliphatic rings. The number of aryl methyl sites for hydroxylation is 1. The fraction of sp³-hybridized carbons (Fsp3) is 0.500. The summed E-state index contributed by atoms with van der Waals surface area (Å²) in [5, 5.41) is 9.35. The third kappa shape index (κ3) is 2.86. The molecule has 0 spiro atoms. The van der Waals surface area contributed by atoms with Crippen LogP contribution >= 0.6 is 0 Å². The molecular weight excluding hydrogens is 278 g/mol. The van der Waals surface area contributed by atoms with Crippen molar-refractivity contribution < 1.29 is 18.3 Å². The van der Waals surface area contributed by atoms with Gasteiger partial charge in [0.1, 0.15) is 0 Å². The van der Waals surface area contributed by atoms with E-state index in [0.29, 0.717) is 18.4 Å². The molecule has 0 radical (unpaired) electrons.